The summed E-state index contributed by atoms with van der Waals surface area (Å²) in [6, 6.07) is -0.847. The lowest BCUT2D eigenvalue weighted by molar-refractivity contribution is -0.0377. The van der Waals surface area contributed by atoms with Crippen molar-refractivity contribution >= 4 is 0 Å². The van der Waals surface area contributed by atoms with Gasteiger partial charge in [-0.2, -0.15) is 0 Å². The Bertz CT molecular complexity index is 138. The standard InChI is InChI=1S/C8H16F2N2/c1-8(9,10)7(12-11)6-4-2-3-5-6/h6-7,12H,2-5,11H2,1H3. The lowest BCUT2D eigenvalue weighted by Gasteiger charge is -2.27. The maximum absolute atomic E-state index is 12.9. The maximum atomic E-state index is 12.9. The first-order valence-electron chi connectivity index (χ1n) is 4.39. The van der Waals surface area contributed by atoms with Crippen molar-refractivity contribution in [3.05, 3.63) is 0 Å². The van der Waals surface area contributed by atoms with Gasteiger partial charge in [-0.25, -0.2) is 8.78 Å². The van der Waals surface area contributed by atoms with E-state index in [0.29, 0.717) is 0 Å². The third-order valence-corrected chi connectivity index (χ3v) is 2.60. The molecule has 72 valence electrons. The highest BCUT2D eigenvalue weighted by molar-refractivity contribution is 4.87. The lowest BCUT2D eigenvalue weighted by Crippen LogP contribution is -2.50. The van der Waals surface area contributed by atoms with Gasteiger partial charge in [-0.05, 0) is 18.8 Å². The molecule has 2 nitrogen and oxygen atoms in total. The molecule has 0 aromatic rings. The molecule has 1 aliphatic rings. The van der Waals surface area contributed by atoms with Crippen molar-refractivity contribution in [3.8, 4) is 0 Å². The minimum atomic E-state index is -2.70. The van der Waals surface area contributed by atoms with Crippen LogP contribution in [0.15, 0.2) is 0 Å². The van der Waals surface area contributed by atoms with E-state index in [1.807, 2.05) is 0 Å². The number of alkyl halides is 2. The molecule has 4 heteroatoms. The number of halogens is 2. The molecule has 0 bridgehead atoms. The van der Waals surface area contributed by atoms with Gasteiger partial charge in [0, 0.05) is 6.92 Å². The van der Waals surface area contributed by atoms with E-state index in [-0.39, 0.29) is 5.92 Å². The molecule has 0 radical (unpaired) electrons. The zero-order valence-electron chi connectivity index (χ0n) is 7.32. The van der Waals surface area contributed by atoms with E-state index in [1.165, 1.54) is 0 Å². The van der Waals surface area contributed by atoms with E-state index in [1.54, 1.807) is 0 Å². The largest absolute Gasteiger partial charge is 0.271 e. The van der Waals surface area contributed by atoms with Gasteiger partial charge in [-0.3, -0.25) is 11.3 Å². The van der Waals surface area contributed by atoms with Crippen LogP contribution >= 0.6 is 0 Å². The average molecular weight is 178 g/mol. The van der Waals surface area contributed by atoms with Gasteiger partial charge in [0.2, 0.25) is 0 Å². The van der Waals surface area contributed by atoms with Crippen LogP contribution in [-0.4, -0.2) is 12.0 Å². The highest BCUT2D eigenvalue weighted by atomic mass is 19.3. The van der Waals surface area contributed by atoms with E-state index in [4.69, 9.17) is 5.84 Å². The average Bonchev–Trinajstić information content (AvgIpc) is 2.38. The van der Waals surface area contributed by atoms with Crippen LogP contribution in [0.4, 0.5) is 8.78 Å². The van der Waals surface area contributed by atoms with Crippen molar-refractivity contribution in [2.45, 2.75) is 44.6 Å². The minimum absolute atomic E-state index is 0.0509. The van der Waals surface area contributed by atoms with Crippen LogP contribution in [0.25, 0.3) is 0 Å². The molecule has 0 aliphatic heterocycles. The summed E-state index contributed by atoms with van der Waals surface area (Å²) in [5.41, 5.74) is 2.23. The molecule has 1 atom stereocenters. The summed E-state index contributed by atoms with van der Waals surface area (Å²) in [6.45, 7) is 0.926. The Hall–Kier alpha value is -0.220. The Morgan fingerprint density at radius 2 is 1.92 bits per heavy atom. The highest BCUT2D eigenvalue weighted by Gasteiger charge is 2.39. The van der Waals surface area contributed by atoms with Gasteiger partial charge in [-0.1, -0.05) is 12.8 Å². The summed E-state index contributed by atoms with van der Waals surface area (Å²) in [5, 5.41) is 0. The molecule has 1 unspecified atom stereocenters. The minimum Gasteiger partial charge on any atom is -0.271 e. The lowest BCUT2D eigenvalue weighted by atomic mass is 9.94. The molecule has 3 N–H and O–H groups in total. The second-order valence-corrected chi connectivity index (χ2v) is 3.65. The molecule has 0 amide bonds. The van der Waals surface area contributed by atoms with Crippen molar-refractivity contribution in [2.24, 2.45) is 11.8 Å². The second-order valence-electron chi connectivity index (χ2n) is 3.65. The van der Waals surface area contributed by atoms with Gasteiger partial charge in [0.25, 0.3) is 5.92 Å². The molecule has 1 fully saturated rings. The molecule has 0 saturated heterocycles. The fourth-order valence-corrected chi connectivity index (χ4v) is 1.99. The van der Waals surface area contributed by atoms with E-state index in [0.717, 1.165) is 32.6 Å². The second kappa shape index (κ2) is 3.66. The predicted octanol–water partition coefficient (Wildman–Crippen LogP) is 1.66. The number of hydrogen-bond acceptors (Lipinski definition) is 2. The molecule has 0 heterocycles. The van der Waals surface area contributed by atoms with Gasteiger partial charge < -0.3 is 0 Å². The van der Waals surface area contributed by atoms with Crippen molar-refractivity contribution in [1.82, 2.24) is 5.43 Å². The maximum Gasteiger partial charge on any atom is 0.261 e. The molecule has 1 aliphatic carbocycles. The summed E-state index contributed by atoms with van der Waals surface area (Å²) < 4.78 is 25.8. The van der Waals surface area contributed by atoms with Crippen LogP contribution in [-0.2, 0) is 0 Å². The molecule has 0 aromatic heterocycles. The van der Waals surface area contributed by atoms with Crippen molar-refractivity contribution in [1.29, 1.82) is 0 Å². The van der Waals surface area contributed by atoms with Crippen LogP contribution in [0, 0.1) is 5.92 Å². The molecule has 0 aromatic carbocycles. The Kier molecular flexibility index (Phi) is 3.01. The first kappa shape index (κ1) is 9.86. The molecular weight excluding hydrogens is 162 g/mol. The summed E-state index contributed by atoms with van der Waals surface area (Å²) in [6.07, 6.45) is 3.86. The summed E-state index contributed by atoms with van der Waals surface area (Å²) >= 11 is 0. The number of rotatable bonds is 3. The van der Waals surface area contributed by atoms with Crippen LogP contribution in [0.2, 0.25) is 0 Å². The van der Waals surface area contributed by atoms with Crippen molar-refractivity contribution in [2.75, 3.05) is 0 Å². The zero-order valence-corrected chi connectivity index (χ0v) is 7.32. The smallest absolute Gasteiger partial charge is 0.261 e. The third kappa shape index (κ3) is 2.14. The Morgan fingerprint density at radius 1 is 1.42 bits per heavy atom. The van der Waals surface area contributed by atoms with Gasteiger partial charge in [0.1, 0.15) is 0 Å². The van der Waals surface area contributed by atoms with Crippen LogP contribution in [0.3, 0.4) is 0 Å². The highest BCUT2D eigenvalue weighted by Crippen LogP contribution is 2.34. The number of hydrazine groups is 1. The first-order chi connectivity index (χ1) is 5.55. The van der Waals surface area contributed by atoms with Crippen LogP contribution in [0.5, 0.6) is 0 Å². The van der Waals surface area contributed by atoms with E-state index in [9.17, 15) is 8.78 Å². The molecule has 1 saturated carbocycles. The van der Waals surface area contributed by atoms with Crippen molar-refractivity contribution in [3.63, 3.8) is 0 Å². The molecule has 12 heavy (non-hydrogen) atoms. The Morgan fingerprint density at radius 3 is 2.25 bits per heavy atom. The fraction of sp³-hybridized carbons (Fsp3) is 1.00. The van der Waals surface area contributed by atoms with Gasteiger partial charge in [-0.15, -0.1) is 0 Å². The molecular formula is C8H16F2N2. The Balaban J connectivity index is 2.54. The van der Waals surface area contributed by atoms with Gasteiger partial charge >= 0.3 is 0 Å². The van der Waals surface area contributed by atoms with Gasteiger partial charge in [0.05, 0.1) is 6.04 Å². The number of nitrogens with two attached hydrogens (primary N) is 1. The number of hydrogen-bond donors (Lipinski definition) is 2. The SMILES string of the molecule is CC(F)(F)C(NN)C1CCCC1. The van der Waals surface area contributed by atoms with E-state index >= 15 is 0 Å². The summed E-state index contributed by atoms with van der Waals surface area (Å²) in [5.74, 6) is 2.46. The molecule has 1 rings (SSSR count). The summed E-state index contributed by atoms with van der Waals surface area (Å²) in [7, 11) is 0. The zero-order chi connectivity index (χ0) is 9.19. The third-order valence-electron chi connectivity index (χ3n) is 2.60. The fourth-order valence-electron chi connectivity index (χ4n) is 1.99. The summed E-state index contributed by atoms with van der Waals surface area (Å²) in [4.78, 5) is 0. The molecule has 0 spiro atoms. The first-order valence-corrected chi connectivity index (χ1v) is 4.39. The normalized spacial score (nSPS) is 23.0. The predicted molar refractivity (Wildman–Crippen MR) is 43.7 cm³/mol. The van der Waals surface area contributed by atoms with Crippen LogP contribution in [0.1, 0.15) is 32.6 Å². The van der Waals surface area contributed by atoms with E-state index < -0.39 is 12.0 Å². The quantitative estimate of drug-likeness (QED) is 0.509. The Labute approximate surface area is 71.5 Å². The number of nitrogens with one attached hydrogen (secondary N) is 1. The van der Waals surface area contributed by atoms with Crippen LogP contribution < -0.4 is 11.3 Å². The van der Waals surface area contributed by atoms with E-state index in [2.05, 4.69) is 5.43 Å². The monoisotopic (exact) mass is 178 g/mol. The topological polar surface area (TPSA) is 38.0 Å². The van der Waals surface area contributed by atoms with Gasteiger partial charge in [0.15, 0.2) is 0 Å². The van der Waals surface area contributed by atoms with Crippen molar-refractivity contribution < 1.29 is 8.78 Å².